The van der Waals surface area contributed by atoms with Crippen molar-refractivity contribution in [2.75, 3.05) is 5.73 Å². The van der Waals surface area contributed by atoms with Crippen molar-refractivity contribution in [1.29, 1.82) is 0 Å². The summed E-state index contributed by atoms with van der Waals surface area (Å²) in [4.78, 5) is 3.69. The van der Waals surface area contributed by atoms with Gasteiger partial charge in [0, 0.05) is 0 Å². The Labute approximate surface area is 89.3 Å². The molecule has 0 saturated carbocycles. The zero-order valence-corrected chi connectivity index (χ0v) is 8.07. The maximum atomic E-state index is 12.7. The molecule has 2 rings (SSSR count). The molecule has 0 bridgehead atoms. The number of hydrogen-bond acceptors (Lipinski definition) is 2. The predicted molar refractivity (Wildman–Crippen MR) is 53.0 cm³/mol. The number of imidazole rings is 1. The van der Waals surface area contributed by atoms with Crippen molar-refractivity contribution in [3.8, 4) is 5.69 Å². The maximum Gasteiger partial charge on any atom is 0.418 e. The summed E-state index contributed by atoms with van der Waals surface area (Å²) in [6.45, 7) is 0. The quantitative estimate of drug-likeness (QED) is 0.813. The monoisotopic (exact) mass is 227 g/mol. The first-order valence-corrected chi connectivity index (χ1v) is 4.44. The van der Waals surface area contributed by atoms with Crippen molar-refractivity contribution in [1.82, 2.24) is 9.55 Å². The summed E-state index contributed by atoms with van der Waals surface area (Å²) < 4.78 is 39.3. The number of alkyl halides is 3. The van der Waals surface area contributed by atoms with E-state index in [4.69, 9.17) is 5.73 Å². The van der Waals surface area contributed by atoms with E-state index >= 15 is 0 Å². The fourth-order valence-electron chi connectivity index (χ4n) is 1.43. The van der Waals surface area contributed by atoms with Crippen LogP contribution in [0.2, 0.25) is 0 Å². The first-order valence-electron chi connectivity index (χ1n) is 4.44. The predicted octanol–water partition coefficient (Wildman–Crippen LogP) is 2.47. The zero-order valence-electron chi connectivity index (χ0n) is 8.07. The number of anilines is 1. The van der Waals surface area contributed by atoms with Gasteiger partial charge in [-0.15, -0.1) is 0 Å². The van der Waals surface area contributed by atoms with Crippen LogP contribution in [0, 0.1) is 0 Å². The molecular formula is C10H8F3N3. The molecule has 1 heterocycles. The second-order valence-electron chi connectivity index (χ2n) is 3.20. The third kappa shape index (κ3) is 1.73. The molecule has 2 N–H and O–H groups in total. The number of benzene rings is 1. The van der Waals surface area contributed by atoms with Crippen LogP contribution in [0.25, 0.3) is 5.69 Å². The number of halogens is 3. The Balaban J connectivity index is 2.62. The van der Waals surface area contributed by atoms with Gasteiger partial charge in [-0.05, 0) is 12.1 Å². The summed E-state index contributed by atoms with van der Waals surface area (Å²) in [5.74, 6) is 0.164. The van der Waals surface area contributed by atoms with Crippen molar-refractivity contribution < 1.29 is 13.2 Å². The van der Waals surface area contributed by atoms with Crippen LogP contribution in [0.3, 0.4) is 0 Å². The average molecular weight is 227 g/mol. The molecule has 0 saturated heterocycles. The fourth-order valence-corrected chi connectivity index (χ4v) is 1.43. The van der Waals surface area contributed by atoms with Gasteiger partial charge in [0.1, 0.15) is 12.1 Å². The van der Waals surface area contributed by atoms with Crippen molar-refractivity contribution >= 4 is 5.82 Å². The van der Waals surface area contributed by atoms with Gasteiger partial charge in [-0.2, -0.15) is 13.2 Å². The highest BCUT2D eigenvalue weighted by Gasteiger charge is 2.33. The van der Waals surface area contributed by atoms with E-state index in [-0.39, 0.29) is 11.5 Å². The first-order chi connectivity index (χ1) is 7.50. The van der Waals surface area contributed by atoms with Crippen molar-refractivity contribution in [3.63, 3.8) is 0 Å². The van der Waals surface area contributed by atoms with E-state index in [0.717, 1.165) is 6.07 Å². The highest BCUT2D eigenvalue weighted by Crippen LogP contribution is 2.34. The number of rotatable bonds is 1. The zero-order chi connectivity index (χ0) is 11.8. The number of aromatic nitrogens is 2. The van der Waals surface area contributed by atoms with Crippen molar-refractivity contribution in [3.05, 3.63) is 42.4 Å². The van der Waals surface area contributed by atoms with Crippen LogP contribution in [-0.2, 0) is 6.18 Å². The molecule has 0 radical (unpaired) electrons. The van der Waals surface area contributed by atoms with Crippen LogP contribution >= 0.6 is 0 Å². The van der Waals surface area contributed by atoms with Gasteiger partial charge < -0.3 is 5.73 Å². The number of hydrogen-bond donors (Lipinski definition) is 1. The number of nitrogen functional groups attached to an aromatic ring is 1. The Hall–Kier alpha value is -1.98. The maximum absolute atomic E-state index is 12.7. The number of nitrogens with two attached hydrogens (primary N) is 1. The Bertz CT molecular complexity index is 502. The molecule has 0 aliphatic rings. The van der Waals surface area contributed by atoms with E-state index in [2.05, 4.69) is 4.98 Å². The van der Waals surface area contributed by atoms with Crippen LogP contribution in [0.15, 0.2) is 36.8 Å². The normalized spacial score (nSPS) is 11.7. The lowest BCUT2D eigenvalue weighted by Gasteiger charge is -2.13. The molecule has 1 aromatic carbocycles. The first kappa shape index (κ1) is 10.5. The molecule has 0 unspecified atom stereocenters. The summed E-state index contributed by atoms with van der Waals surface area (Å²) >= 11 is 0. The molecule has 0 spiro atoms. The van der Waals surface area contributed by atoms with Gasteiger partial charge in [-0.25, -0.2) is 4.98 Å². The Morgan fingerprint density at radius 2 is 1.88 bits per heavy atom. The van der Waals surface area contributed by atoms with Crippen LogP contribution < -0.4 is 5.73 Å². The molecule has 16 heavy (non-hydrogen) atoms. The smallest absolute Gasteiger partial charge is 0.383 e. The molecule has 0 aliphatic heterocycles. The minimum Gasteiger partial charge on any atom is -0.383 e. The SMILES string of the molecule is Nc1cncn1-c1ccccc1C(F)(F)F. The Morgan fingerprint density at radius 3 is 2.44 bits per heavy atom. The minimum absolute atomic E-state index is 0.0231. The van der Waals surface area contributed by atoms with E-state index in [0.29, 0.717) is 0 Å². The van der Waals surface area contributed by atoms with Crippen molar-refractivity contribution in [2.24, 2.45) is 0 Å². The van der Waals surface area contributed by atoms with Gasteiger partial charge in [-0.3, -0.25) is 4.57 Å². The van der Waals surface area contributed by atoms with E-state index in [1.54, 1.807) is 0 Å². The van der Waals surface area contributed by atoms with Crippen LogP contribution in [0.4, 0.5) is 19.0 Å². The van der Waals surface area contributed by atoms with Gasteiger partial charge in [0.2, 0.25) is 0 Å². The number of nitrogens with zero attached hydrogens (tertiary/aromatic N) is 2. The van der Waals surface area contributed by atoms with E-state index in [1.165, 1.54) is 35.3 Å². The van der Waals surface area contributed by atoms with Gasteiger partial charge in [0.15, 0.2) is 0 Å². The van der Waals surface area contributed by atoms with Gasteiger partial charge in [0.25, 0.3) is 0 Å². The van der Waals surface area contributed by atoms with Gasteiger partial charge in [0.05, 0.1) is 17.4 Å². The highest BCUT2D eigenvalue weighted by atomic mass is 19.4. The van der Waals surface area contributed by atoms with E-state index < -0.39 is 11.7 Å². The summed E-state index contributed by atoms with van der Waals surface area (Å²) in [5.41, 5.74) is 4.76. The highest BCUT2D eigenvalue weighted by molar-refractivity contribution is 5.48. The fraction of sp³-hybridized carbons (Fsp3) is 0.100. The third-order valence-electron chi connectivity index (χ3n) is 2.14. The summed E-state index contributed by atoms with van der Waals surface area (Å²) in [5, 5.41) is 0. The number of para-hydroxylation sites is 1. The topological polar surface area (TPSA) is 43.8 Å². The Morgan fingerprint density at radius 1 is 1.19 bits per heavy atom. The summed E-state index contributed by atoms with van der Waals surface area (Å²) in [6, 6.07) is 5.21. The van der Waals surface area contributed by atoms with Gasteiger partial charge in [-0.1, -0.05) is 12.1 Å². The third-order valence-corrected chi connectivity index (χ3v) is 2.14. The molecule has 2 aromatic rings. The average Bonchev–Trinajstić information content (AvgIpc) is 2.63. The molecule has 0 fully saturated rings. The van der Waals surface area contributed by atoms with Crippen LogP contribution in [0.5, 0.6) is 0 Å². The molecule has 0 atom stereocenters. The minimum atomic E-state index is -4.41. The molecule has 84 valence electrons. The van der Waals surface area contributed by atoms with Crippen LogP contribution in [-0.4, -0.2) is 9.55 Å². The lowest BCUT2D eigenvalue weighted by Crippen LogP contribution is -2.11. The van der Waals surface area contributed by atoms with Crippen molar-refractivity contribution in [2.45, 2.75) is 6.18 Å². The standard InChI is InChI=1S/C10H8F3N3/c11-10(12,13)7-3-1-2-4-8(7)16-6-15-5-9(16)14/h1-6H,14H2. The summed E-state index contributed by atoms with van der Waals surface area (Å²) in [6.07, 6.45) is -1.86. The Kier molecular flexibility index (Phi) is 2.34. The van der Waals surface area contributed by atoms with Gasteiger partial charge >= 0.3 is 6.18 Å². The lowest BCUT2D eigenvalue weighted by atomic mass is 10.1. The lowest BCUT2D eigenvalue weighted by molar-refractivity contribution is -0.137. The second-order valence-corrected chi connectivity index (χ2v) is 3.20. The summed E-state index contributed by atoms with van der Waals surface area (Å²) in [7, 11) is 0. The molecule has 0 amide bonds. The van der Waals surface area contributed by atoms with Crippen LogP contribution in [0.1, 0.15) is 5.56 Å². The van der Waals surface area contributed by atoms with E-state index in [1.807, 2.05) is 0 Å². The van der Waals surface area contributed by atoms with E-state index in [9.17, 15) is 13.2 Å². The molecule has 6 heteroatoms. The molecule has 3 nitrogen and oxygen atoms in total. The second kappa shape index (κ2) is 3.55. The molecular weight excluding hydrogens is 219 g/mol. The molecule has 1 aromatic heterocycles. The molecule has 0 aliphatic carbocycles. The largest absolute Gasteiger partial charge is 0.418 e.